The molecule has 2 nitrogen and oxygen atoms in total. The van der Waals surface area contributed by atoms with E-state index >= 15 is 0 Å². The van der Waals surface area contributed by atoms with Crippen LogP contribution < -0.4 is 53.2 Å². The van der Waals surface area contributed by atoms with Gasteiger partial charge in [-0.2, -0.15) is 0 Å². The molecule has 2 aromatic rings. The van der Waals surface area contributed by atoms with E-state index < -0.39 is 21.4 Å². The summed E-state index contributed by atoms with van der Waals surface area (Å²) in [5.74, 6) is 0. The second kappa shape index (κ2) is 21.4. The Kier molecular flexibility index (Phi) is 26.0. The summed E-state index contributed by atoms with van der Waals surface area (Å²) < 4.78 is 6.26. The van der Waals surface area contributed by atoms with Gasteiger partial charge in [-0.3, -0.25) is 0 Å². The first kappa shape index (κ1) is 42.6. The predicted molar refractivity (Wildman–Crippen MR) is 157 cm³/mol. The van der Waals surface area contributed by atoms with Crippen molar-refractivity contribution >= 4 is 42.7 Å². The Balaban J connectivity index is -0.000000225. The van der Waals surface area contributed by atoms with Crippen LogP contribution in [0.5, 0.6) is 0 Å². The van der Waals surface area contributed by atoms with Gasteiger partial charge in [-0.1, -0.05) is 126 Å². The molecular formula is C28H49BrLi2O2Si2. The Bertz CT molecular complexity index is 782. The molecule has 7 heteroatoms. The van der Waals surface area contributed by atoms with E-state index in [0.29, 0.717) is 6.10 Å². The Labute approximate surface area is 253 Å². The molecule has 1 heterocycles. The first-order chi connectivity index (χ1) is 15.1. The average molecular weight is 568 g/mol. The summed E-state index contributed by atoms with van der Waals surface area (Å²) in [7, 11) is -2.94. The fourth-order valence-corrected chi connectivity index (χ4v) is 8.60. The molecule has 190 valence electrons. The van der Waals surface area contributed by atoms with Crippen LogP contribution >= 0.6 is 15.9 Å². The van der Waals surface area contributed by atoms with E-state index in [1.807, 2.05) is 45.9 Å². The zero-order valence-corrected chi connectivity index (χ0v) is 28.7. The van der Waals surface area contributed by atoms with Crippen LogP contribution in [0.25, 0.3) is 0 Å². The molecule has 2 aromatic carbocycles. The molecule has 2 atom stereocenters. The van der Waals surface area contributed by atoms with E-state index in [2.05, 4.69) is 85.9 Å². The third-order valence-electron chi connectivity index (χ3n) is 5.23. The molecule has 35 heavy (non-hydrogen) atoms. The van der Waals surface area contributed by atoms with E-state index in [0.717, 1.165) is 5.56 Å². The number of unbranched alkanes of at least 4 members (excludes halogenated alkanes) is 1. The minimum absolute atomic E-state index is 0. The van der Waals surface area contributed by atoms with E-state index in [1.165, 1.54) is 35.2 Å². The third-order valence-corrected chi connectivity index (χ3v) is 10.4. The van der Waals surface area contributed by atoms with Crippen molar-refractivity contribution in [2.24, 2.45) is 0 Å². The molecule has 2 unspecified atom stereocenters. The van der Waals surface area contributed by atoms with Gasteiger partial charge in [0.05, 0.1) is 14.2 Å². The number of alkyl halides is 1. The van der Waals surface area contributed by atoms with Gasteiger partial charge in [-0.15, -0.1) is 15.9 Å². The van der Waals surface area contributed by atoms with Gasteiger partial charge in [-0.25, -0.2) is 0 Å². The zero-order valence-electron chi connectivity index (χ0n) is 25.1. The average Bonchev–Trinajstić information content (AvgIpc) is 3.05. The fourth-order valence-electron chi connectivity index (χ4n) is 3.79. The molecule has 1 aliphatic rings. The maximum Gasteiger partial charge on any atom is 1.00 e. The summed E-state index contributed by atoms with van der Waals surface area (Å²) in [6.07, 6.45) is 4.08. The van der Waals surface area contributed by atoms with E-state index in [4.69, 9.17) is 4.43 Å². The van der Waals surface area contributed by atoms with Gasteiger partial charge < -0.3 is 17.0 Å². The van der Waals surface area contributed by atoms with E-state index in [1.54, 1.807) is 0 Å². The van der Waals surface area contributed by atoms with Crippen molar-refractivity contribution in [3.63, 3.8) is 0 Å². The molecule has 0 spiro atoms. The molecule has 0 saturated carbocycles. The van der Waals surface area contributed by atoms with Crippen molar-refractivity contribution in [1.82, 2.24) is 0 Å². The molecule has 3 rings (SSSR count). The van der Waals surface area contributed by atoms with Crippen LogP contribution in [-0.4, -0.2) is 16.4 Å². The van der Waals surface area contributed by atoms with Crippen LogP contribution in [0.2, 0.25) is 32.7 Å². The topological polar surface area (TPSA) is 32.3 Å². The zero-order chi connectivity index (χ0) is 24.9. The van der Waals surface area contributed by atoms with Gasteiger partial charge in [-0.05, 0) is 35.3 Å². The fraction of sp³-hybridized carbons (Fsp3) is 0.536. The SMILES string of the molecule is CC.CC.CCCCC1O[Si](C)(C)c2ccccc21.C[Si](C)(C)c1ccccc1C([O-])Br.[CH3-].[Li+].[Li+]. The Morgan fingerprint density at radius 1 is 0.943 bits per heavy atom. The van der Waals surface area contributed by atoms with Crippen LogP contribution in [-0.2, 0) is 4.43 Å². The van der Waals surface area contributed by atoms with E-state index in [9.17, 15) is 5.11 Å². The van der Waals surface area contributed by atoms with Crippen molar-refractivity contribution in [3.05, 3.63) is 67.1 Å². The molecule has 0 fully saturated rings. The predicted octanol–water partition coefficient (Wildman–Crippen LogP) is 1.86. The van der Waals surface area contributed by atoms with Gasteiger partial charge in [0.15, 0.2) is 0 Å². The third kappa shape index (κ3) is 13.7. The Morgan fingerprint density at radius 3 is 1.89 bits per heavy atom. The second-order valence-electron chi connectivity index (χ2n) is 9.00. The molecule has 0 radical (unpaired) electrons. The number of hydrogen-bond donors (Lipinski definition) is 0. The van der Waals surface area contributed by atoms with Crippen LogP contribution in [0.4, 0.5) is 0 Å². The Morgan fingerprint density at radius 2 is 1.43 bits per heavy atom. The summed E-state index contributed by atoms with van der Waals surface area (Å²) in [4.78, 5) is 0. The van der Waals surface area contributed by atoms with Crippen LogP contribution in [0.1, 0.15) is 76.1 Å². The normalized spacial score (nSPS) is 15.4. The van der Waals surface area contributed by atoms with Crippen LogP contribution in [0.3, 0.4) is 0 Å². The number of benzene rings is 2. The summed E-state index contributed by atoms with van der Waals surface area (Å²) >= 11 is 3.09. The summed E-state index contributed by atoms with van der Waals surface area (Å²) in [6.45, 7) is 21.6. The number of halogens is 1. The number of fused-ring (bicyclic) bond motifs is 1. The van der Waals surface area contributed by atoms with Crippen LogP contribution in [0.15, 0.2) is 48.5 Å². The van der Waals surface area contributed by atoms with Crippen molar-refractivity contribution in [1.29, 1.82) is 0 Å². The maximum atomic E-state index is 11.3. The Hall–Kier alpha value is 0.469. The molecule has 0 bridgehead atoms. The minimum Gasteiger partial charge on any atom is -0.840 e. The number of rotatable bonds is 5. The molecule has 0 aliphatic carbocycles. The van der Waals surface area contributed by atoms with Gasteiger partial charge in [0, 0.05) is 0 Å². The van der Waals surface area contributed by atoms with Gasteiger partial charge >= 0.3 is 37.7 Å². The van der Waals surface area contributed by atoms with E-state index in [-0.39, 0.29) is 45.1 Å². The maximum absolute atomic E-state index is 11.3. The molecular weight excluding hydrogens is 518 g/mol. The van der Waals surface area contributed by atoms with Crippen molar-refractivity contribution in [2.75, 3.05) is 0 Å². The quantitative estimate of drug-likeness (QED) is 0.314. The summed E-state index contributed by atoms with van der Waals surface area (Å²) in [6, 6.07) is 16.7. The summed E-state index contributed by atoms with van der Waals surface area (Å²) in [5, 5.41) is 13.3. The van der Waals surface area contributed by atoms with Crippen molar-refractivity contribution in [2.45, 2.75) is 97.7 Å². The monoisotopic (exact) mass is 566 g/mol. The van der Waals surface area contributed by atoms with Gasteiger partial charge in [0.25, 0.3) is 0 Å². The first-order valence-electron chi connectivity index (χ1n) is 12.2. The molecule has 0 amide bonds. The largest absolute Gasteiger partial charge is 1.00 e. The molecule has 0 saturated heterocycles. The molecule has 1 aliphatic heterocycles. The second-order valence-corrected chi connectivity index (χ2v) is 18.7. The standard InChI is InChI=1S/C13H20OSi.C10H14BrOSi.2C2H6.CH3.2Li/c1-4-5-9-12-11-8-6-7-10-13(11)15(2,3)14-12;1-13(2,3)9-7-5-4-6-8(9)10(11)12;2*1-2;;;/h6-8,10,12H,4-5,9H2,1-3H3;4-7,10H,1-3H3;2*1-2H3;1H3;;/q;-1;;;-1;2*+1. The van der Waals surface area contributed by atoms with Crippen molar-refractivity contribution < 1.29 is 47.3 Å². The number of hydrogen-bond acceptors (Lipinski definition) is 2. The van der Waals surface area contributed by atoms with Gasteiger partial charge in [0.1, 0.15) is 0 Å². The summed E-state index contributed by atoms with van der Waals surface area (Å²) in [5.41, 5.74) is 2.37. The molecule has 0 aromatic heterocycles. The minimum atomic E-state index is -1.57. The smallest absolute Gasteiger partial charge is 0.840 e. The molecule has 0 N–H and O–H groups in total. The van der Waals surface area contributed by atoms with Crippen LogP contribution in [0, 0.1) is 7.43 Å². The first-order valence-corrected chi connectivity index (χ1v) is 19.6. The van der Waals surface area contributed by atoms with Gasteiger partial charge in [0.2, 0.25) is 8.32 Å². The van der Waals surface area contributed by atoms with Crippen molar-refractivity contribution in [3.8, 4) is 0 Å².